The third-order valence-corrected chi connectivity index (χ3v) is 11.0. The molecular formula is C49H61N6O8. The summed E-state index contributed by atoms with van der Waals surface area (Å²) >= 11 is 0. The number of urea groups is 1. The number of rotatable bonds is 17. The van der Waals surface area contributed by atoms with E-state index in [0.29, 0.717) is 19.6 Å². The van der Waals surface area contributed by atoms with E-state index in [2.05, 4.69) is 28.0 Å². The highest BCUT2D eigenvalue weighted by Crippen LogP contribution is 2.30. The molecule has 63 heavy (non-hydrogen) atoms. The van der Waals surface area contributed by atoms with E-state index in [4.69, 9.17) is 14.2 Å². The number of nitrogens with zero attached hydrogens (tertiary/aromatic N) is 3. The van der Waals surface area contributed by atoms with Crippen LogP contribution in [0.5, 0.6) is 0 Å². The molecule has 3 N–H and O–H groups in total. The molecule has 4 aromatic rings. The SMILES string of the molecule is [CH2]OC(=O)O[C@@H](C[C@H](Cc1ccc(-c2ccccn2)cc1)NC(=O)[C@@H](NC(=O)OC)C(C)(C)C)[C@H](Cc1ccccc1)NC(=O)[C@@H](N1CCN(Cc2ccccc2)C1=O)C(C)(C)C. The first-order chi connectivity index (χ1) is 30.0. The second-order valence-corrected chi connectivity index (χ2v) is 18.0. The van der Waals surface area contributed by atoms with E-state index in [9.17, 15) is 24.0 Å². The normalized spacial score (nSPS) is 15.3. The first-order valence-electron chi connectivity index (χ1n) is 21.2. The fourth-order valence-electron chi connectivity index (χ4n) is 7.89. The Hall–Kier alpha value is -6.44. The third-order valence-electron chi connectivity index (χ3n) is 11.0. The molecule has 0 bridgehead atoms. The summed E-state index contributed by atoms with van der Waals surface area (Å²) in [7, 11) is 4.50. The Bertz CT molecular complexity index is 2120. The molecule has 1 aromatic heterocycles. The van der Waals surface area contributed by atoms with Gasteiger partial charge in [0.2, 0.25) is 11.8 Å². The predicted molar refractivity (Wildman–Crippen MR) is 240 cm³/mol. The van der Waals surface area contributed by atoms with Crippen LogP contribution in [0.4, 0.5) is 14.4 Å². The molecule has 1 aliphatic heterocycles. The van der Waals surface area contributed by atoms with Crippen molar-refractivity contribution in [1.82, 2.24) is 30.7 Å². The highest BCUT2D eigenvalue weighted by molar-refractivity contribution is 5.89. The van der Waals surface area contributed by atoms with Crippen molar-refractivity contribution in [3.05, 3.63) is 133 Å². The molecule has 1 fully saturated rings. The van der Waals surface area contributed by atoms with Crippen molar-refractivity contribution in [2.45, 2.75) is 97.6 Å². The second kappa shape index (κ2) is 21.6. The predicted octanol–water partition coefficient (Wildman–Crippen LogP) is 7.33. The minimum absolute atomic E-state index is 0.0105. The van der Waals surface area contributed by atoms with Crippen LogP contribution in [-0.2, 0) is 43.2 Å². The van der Waals surface area contributed by atoms with Crippen molar-refractivity contribution in [2.24, 2.45) is 10.8 Å². The first kappa shape index (κ1) is 47.6. The number of ether oxygens (including phenoxy) is 3. The summed E-state index contributed by atoms with van der Waals surface area (Å²) in [6.45, 7) is 12.3. The highest BCUT2D eigenvalue weighted by Gasteiger charge is 2.45. The molecule has 1 aliphatic rings. The summed E-state index contributed by atoms with van der Waals surface area (Å²) in [6, 6.07) is 28.7. The lowest BCUT2D eigenvalue weighted by molar-refractivity contribution is -0.131. The van der Waals surface area contributed by atoms with E-state index in [0.717, 1.165) is 27.9 Å². The number of methoxy groups -OCH3 is 1. The molecule has 0 spiro atoms. The molecule has 1 saturated heterocycles. The van der Waals surface area contributed by atoms with Gasteiger partial charge in [0.1, 0.15) is 25.3 Å². The molecule has 14 heteroatoms. The van der Waals surface area contributed by atoms with E-state index >= 15 is 0 Å². The fourth-order valence-corrected chi connectivity index (χ4v) is 7.89. The van der Waals surface area contributed by atoms with Crippen LogP contribution in [0.15, 0.2) is 109 Å². The maximum Gasteiger partial charge on any atom is 0.508 e. The topological polar surface area (TPSA) is 169 Å². The van der Waals surface area contributed by atoms with Gasteiger partial charge in [0.05, 0.1) is 18.8 Å². The molecule has 5 amide bonds. The Labute approximate surface area is 371 Å². The number of benzene rings is 3. The van der Waals surface area contributed by atoms with Gasteiger partial charge in [-0.2, -0.15) is 0 Å². The van der Waals surface area contributed by atoms with Gasteiger partial charge in [-0.1, -0.05) is 133 Å². The Morgan fingerprint density at radius 1 is 0.730 bits per heavy atom. The minimum atomic E-state index is -1.10. The Kier molecular flexibility index (Phi) is 16.3. The summed E-state index contributed by atoms with van der Waals surface area (Å²) in [5.74, 6) is -0.929. The zero-order chi connectivity index (χ0) is 45.7. The standard InChI is InChI=1S/C49H61N6O8/c1-48(2,3)41(53-45(58)61-7)43(56)51-37(29-34-22-24-36(25-23-34)38-21-15-16-26-50-38)31-40(63-47(60)62-8)39(30-33-17-11-9-12-18-33)52-44(57)42(49(4,5)6)55-28-27-54(46(55)59)32-35-19-13-10-14-20-35/h9-26,37,39-42H,8,27-32H2,1-7H3,(H,51,56)(H,52,57)(H,53,58)/t37-,39-,40-,41+,42+/m0/s1. The Morgan fingerprint density at radius 3 is 1.92 bits per heavy atom. The number of carbonyl (C=O) groups is 5. The molecule has 14 nitrogen and oxygen atoms in total. The zero-order valence-electron chi connectivity index (χ0n) is 37.3. The molecule has 0 saturated carbocycles. The van der Waals surface area contributed by atoms with Crippen molar-refractivity contribution >= 4 is 30.1 Å². The lowest BCUT2D eigenvalue weighted by Crippen LogP contribution is -2.60. The monoisotopic (exact) mass is 861 g/mol. The van der Waals surface area contributed by atoms with Crippen LogP contribution in [-0.4, -0.2) is 95.3 Å². The number of aromatic nitrogens is 1. The van der Waals surface area contributed by atoms with Crippen LogP contribution in [0, 0.1) is 17.9 Å². The summed E-state index contributed by atoms with van der Waals surface area (Å²) in [4.78, 5) is 76.5. The van der Waals surface area contributed by atoms with Crippen molar-refractivity contribution in [3.8, 4) is 11.3 Å². The minimum Gasteiger partial charge on any atom is -0.453 e. The Balaban J connectivity index is 1.51. The van der Waals surface area contributed by atoms with Gasteiger partial charge in [0, 0.05) is 43.9 Å². The fraction of sp³-hybridized carbons (Fsp3) is 0.408. The lowest BCUT2D eigenvalue weighted by Gasteiger charge is -2.39. The number of alkyl carbamates (subject to hydrolysis) is 1. The van der Waals surface area contributed by atoms with Crippen LogP contribution < -0.4 is 16.0 Å². The van der Waals surface area contributed by atoms with Crippen molar-refractivity contribution in [2.75, 3.05) is 20.2 Å². The van der Waals surface area contributed by atoms with Crippen molar-refractivity contribution < 1.29 is 38.2 Å². The first-order valence-corrected chi connectivity index (χ1v) is 21.2. The van der Waals surface area contributed by atoms with Crippen LogP contribution >= 0.6 is 0 Å². The van der Waals surface area contributed by atoms with Crippen molar-refractivity contribution in [3.63, 3.8) is 0 Å². The quantitative estimate of drug-likeness (QED) is 0.0921. The van der Waals surface area contributed by atoms with E-state index in [1.165, 1.54) is 7.11 Å². The number of pyridine rings is 1. The van der Waals surface area contributed by atoms with E-state index in [-0.39, 0.29) is 25.3 Å². The number of nitrogens with one attached hydrogen (secondary N) is 3. The van der Waals surface area contributed by atoms with Gasteiger partial charge in [-0.15, -0.1) is 0 Å². The molecule has 5 rings (SSSR count). The third kappa shape index (κ3) is 13.5. The zero-order valence-corrected chi connectivity index (χ0v) is 37.3. The highest BCUT2D eigenvalue weighted by atomic mass is 16.7. The van der Waals surface area contributed by atoms with Gasteiger partial charge >= 0.3 is 18.3 Å². The summed E-state index contributed by atoms with van der Waals surface area (Å²) in [6.07, 6.45) is -0.784. The van der Waals surface area contributed by atoms with E-state index in [1.807, 2.05) is 145 Å². The molecule has 3 aromatic carbocycles. The second-order valence-electron chi connectivity index (χ2n) is 18.0. The van der Waals surface area contributed by atoms with Crippen molar-refractivity contribution in [1.29, 1.82) is 0 Å². The van der Waals surface area contributed by atoms with Crippen LogP contribution in [0.3, 0.4) is 0 Å². The molecule has 0 unspecified atom stereocenters. The van der Waals surface area contributed by atoms with E-state index < -0.39 is 65.2 Å². The molecule has 1 radical (unpaired) electrons. The number of hydrogen-bond acceptors (Lipinski definition) is 9. The Morgan fingerprint density at radius 2 is 1.35 bits per heavy atom. The van der Waals surface area contributed by atoms with E-state index in [1.54, 1.807) is 16.0 Å². The molecule has 2 heterocycles. The number of hydrogen-bond donors (Lipinski definition) is 3. The average Bonchev–Trinajstić information content (AvgIpc) is 3.60. The van der Waals surface area contributed by atoms with Crippen LogP contribution in [0.25, 0.3) is 11.3 Å². The van der Waals surface area contributed by atoms with Gasteiger partial charge in [-0.3, -0.25) is 14.6 Å². The largest absolute Gasteiger partial charge is 0.508 e. The maximum absolute atomic E-state index is 14.8. The average molecular weight is 862 g/mol. The maximum atomic E-state index is 14.8. The van der Waals surface area contributed by atoms with Crippen LogP contribution in [0.2, 0.25) is 0 Å². The van der Waals surface area contributed by atoms with Gasteiger partial charge in [-0.05, 0) is 52.5 Å². The number of carbonyl (C=O) groups excluding carboxylic acids is 5. The summed E-state index contributed by atoms with van der Waals surface area (Å²) in [5, 5.41) is 8.98. The van der Waals surface area contributed by atoms with Gasteiger partial charge in [0.15, 0.2) is 0 Å². The molecular weight excluding hydrogens is 801 g/mol. The molecule has 0 aliphatic carbocycles. The van der Waals surface area contributed by atoms with Gasteiger partial charge in [-0.25, -0.2) is 14.4 Å². The molecule has 5 atom stereocenters. The smallest absolute Gasteiger partial charge is 0.453 e. The number of amides is 5. The van der Waals surface area contributed by atoms with Gasteiger partial charge in [0.25, 0.3) is 0 Å². The molecule has 335 valence electrons. The summed E-state index contributed by atoms with van der Waals surface area (Å²) in [5.41, 5.74) is 2.89. The van der Waals surface area contributed by atoms with Gasteiger partial charge < -0.3 is 40.0 Å². The summed E-state index contributed by atoms with van der Waals surface area (Å²) < 4.78 is 15.6. The van der Waals surface area contributed by atoms with Crippen LogP contribution in [0.1, 0.15) is 64.7 Å². The lowest BCUT2D eigenvalue weighted by atomic mass is 9.84.